The van der Waals surface area contributed by atoms with Crippen LogP contribution in [0.25, 0.3) is 0 Å². The first-order chi connectivity index (χ1) is 5.72. The Labute approximate surface area is 76.8 Å². The van der Waals surface area contributed by atoms with Crippen LogP contribution in [0.3, 0.4) is 0 Å². The second-order valence-electron chi connectivity index (χ2n) is 2.60. The van der Waals surface area contributed by atoms with Crippen molar-refractivity contribution in [3.05, 3.63) is 28.5 Å². The Bertz CT molecular complexity index is 295. The lowest BCUT2D eigenvalue weighted by atomic mass is 10.1. The fourth-order valence-electron chi connectivity index (χ4n) is 1.04. The summed E-state index contributed by atoms with van der Waals surface area (Å²) in [5, 5.41) is 8.87. The molecule has 0 N–H and O–H groups in total. The Hall–Kier alpha value is -1.07. The van der Waals surface area contributed by atoms with Crippen molar-refractivity contribution in [2.45, 2.75) is 19.8 Å². The van der Waals surface area contributed by atoms with Crippen LogP contribution in [-0.4, -0.2) is 4.98 Å². The number of aryl methyl sites for hydroxylation is 2. The summed E-state index contributed by atoms with van der Waals surface area (Å²) in [6.45, 7) is 1.89. The summed E-state index contributed by atoms with van der Waals surface area (Å²) in [6, 6.07) is 5.84. The highest BCUT2D eigenvalue weighted by Gasteiger charge is 1.97. The maximum atomic E-state index is 8.37. The Kier molecular flexibility index (Phi) is 3.07. The van der Waals surface area contributed by atoms with Crippen molar-refractivity contribution < 1.29 is 0 Å². The summed E-state index contributed by atoms with van der Waals surface area (Å²) in [5.41, 5.74) is 1.98. The van der Waals surface area contributed by atoms with Crippen LogP contribution in [0, 0.1) is 18.3 Å². The van der Waals surface area contributed by atoms with E-state index in [1.807, 2.05) is 13.0 Å². The normalized spacial score (nSPS) is 9.42. The molecular weight excluding hydrogens is 172 g/mol. The molecule has 0 saturated carbocycles. The molecule has 62 valence electrons. The van der Waals surface area contributed by atoms with Gasteiger partial charge in [-0.2, -0.15) is 5.26 Å². The Morgan fingerprint density at radius 2 is 2.33 bits per heavy atom. The fraction of sp³-hybridized carbons (Fsp3) is 0.333. The average Bonchev–Trinajstić information content (AvgIpc) is 1.99. The highest BCUT2D eigenvalue weighted by atomic mass is 35.5. The van der Waals surface area contributed by atoms with Crippen LogP contribution in [0.2, 0.25) is 5.15 Å². The Morgan fingerprint density at radius 3 is 2.92 bits per heavy atom. The molecule has 1 aromatic heterocycles. The quantitative estimate of drug-likeness (QED) is 0.656. The van der Waals surface area contributed by atoms with Crippen molar-refractivity contribution in [2.75, 3.05) is 0 Å². The lowest BCUT2D eigenvalue weighted by Gasteiger charge is -1.99. The van der Waals surface area contributed by atoms with E-state index in [1.54, 1.807) is 6.07 Å². The van der Waals surface area contributed by atoms with Gasteiger partial charge in [-0.1, -0.05) is 11.6 Å². The molecule has 1 rings (SSSR count). The van der Waals surface area contributed by atoms with Gasteiger partial charge >= 0.3 is 0 Å². The van der Waals surface area contributed by atoms with Crippen molar-refractivity contribution in [3.8, 4) is 6.07 Å². The van der Waals surface area contributed by atoms with Gasteiger partial charge < -0.3 is 0 Å². The van der Waals surface area contributed by atoms with Crippen LogP contribution in [0.4, 0.5) is 0 Å². The maximum Gasteiger partial charge on any atom is 0.129 e. The molecule has 1 aromatic rings. The van der Waals surface area contributed by atoms with E-state index in [1.165, 1.54) is 0 Å². The zero-order chi connectivity index (χ0) is 8.97. The third-order valence-electron chi connectivity index (χ3n) is 1.51. The van der Waals surface area contributed by atoms with Crippen LogP contribution in [0.5, 0.6) is 0 Å². The highest BCUT2D eigenvalue weighted by Crippen LogP contribution is 2.11. The predicted octanol–water partition coefficient (Wildman–Crippen LogP) is 2.50. The van der Waals surface area contributed by atoms with E-state index in [4.69, 9.17) is 16.9 Å². The predicted molar refractivity (Wildman–Crippen MR) is 47.9 cm³/mol. The summed E-state index contributed by atoms with van der Waals surface area (Å²) >= 11 is 5.74. The minimum atomic E-state index is 0.503. The maximum absolute atomic E-state index is 8.37. The SMILES string of the molecule is Cc1cc(CCC#N)cc(Cl)n1. The number of hydrogen-bond acceptors (Lipinski definition) is 2. The molecule has 1 heterocycles. The molecule has 0 bridgehead atoms. The van der Waals surface area contributed by atoms with Gasteiger partial charge in [0.05, 0.1) is 6.07 Å². The van der Waals surface area contributed by atoms with Gasteiger partial charge in [-0.15, -0.1) is 0 Å². The molecule has 0 atom stereocenters. The average molecular weight is 181 g/mol. The molecule has 0 spiro atoms. The molecular formula is C9H9ClN2. The standard InChI is InChI=1S/C9H9ClN2/c1-7-5-8(3-2-4-11)6-9(10)12-7/h5-6H,2-3H2,1H3. The Balaban J connectivity index is 2.80. The molecule has 2 nitrogen and oxygen atoms in total. The van der Waals surface area contributed by atoms with Crippen molar-refractivity contribution >= 4 is 11.6 Å². The fourth-order valence-corrected chi connectivity index (χ4v) is 1.31. The summed E-state index contributed by atoms with van der Waals surface area (Å²) < 4.78 is 0. The van der Waals surface area contributed by atoms with Crippen molar-refractivity contribution in [3.63, 3.8) is 0 Å². The van der Waals surface area contributed by atoms with E-state index in [0.29, 0.717) is 11.6 Å². The molecule has 0 aliphatic rings. The number of rotatable bonds is 2. The second kappa shape index (κ2) is 4.08. The van der Waals surface area contributed by atoms with Crippen LogP contribution < -0.4 is 0 Å². The van der Waals surface area contributed by atoms with E-state index in [0.717, 1.165) is 17.7 Å². The number of hydrogen-bond donors (Lipinski definition) is 0. The molecule has 12 heavy (non-hydrogen) atoms. The molecule has 0 aromatic carbocycles. The first-order valence-electron chi connectivity index (χ1n) is 3.72. The first kappa shape index (κ1) is 9.02. The summed E-state index contributed by atoms with van der Waals surface area (Å²) in [7, 11) is 0. The van der Waals surface area contributed by atoms with Crippen LogP contribution in [0.15, 0.2) is 12.1 Å². The zero-order valence-corrected chi connectivity index (χ0v) is 7.60. The minimum absolute atomic E-state index is 0.503. The van der Waals surface area contributed by atoms with Gasteiger partial charge in [0.1, 0.15) is 5.15 Å². The third kappa shape index (κ3) is 2.52. The number of pyridine rings is 1. The second-order valence-corrected chi connectivity index (χ2v) is 2.98. The van der Waals surface area contributed by atoms with Crippen LogP contribution in [-0.2, 0) is 6.42 Å². The van der Waals surface area contributed by atoms with E-state index in [2.05, 4.69) is 11.1 Å². The van der Waals surface area contributed by atoms with E-state index >= 15 is 0 Å². The molecule has 0 saturated heterocycles. The third-order valence-corrected chi connectivity index (χ3v) is 1.70. The van der Waals surface area contributed by atoms with Crippen LogP contribution >= 0.6 is 11.6 Å². The monoisotopic (exact) mass is 180 g/mol. The number of nitrogens with zero attached hydrogens (tertiary/aromatic N) is 2. The molecule has 0 unspecified atom stereocenters. The van der Waals surface area contributed by atoms with Gasteiger partial charge in [0.15, 0.2) is 0 Å². The Morgan fingerprint density at radius 1 is 1.58 bits per heavy atom. The van der Waals surface area contributed by atoms with Gasteiger partial charge in [-0.05, 0) is 31.0 Å². The molecule has 0 aliphatic carbocycles. The summed E-state index contributed by atoms with van der Waals surface area (Å²) in [5.74, 6) is 0. The molecule has 0 radical (unpaired) electrons. The molecule has 0 fully saturated rings. The van der Waals surface area contributed by atoms with Crippen molar-refractivity contribution in [1.82, 2.24) is 4.98 Å². The summed E-state index contributed by atoms with van der Waals surface area (Å²) in [4.78, 5) is 4.02. The van der Waals surface area contributed by atoms with Gasteiger partial charge in [-0.3, -0.25) is 0 Å². The zero-order valence-electron chi connectivity index (χ0n) is 6.84. The lowest BCUT2D eigenvalue weighted by molar-refractivity contribution is 0.995. The molecule has 0 amide bonds. The smallest absolute Gasteiger partial charge is 0.129 e. The number of halogens is 1. The van der Waals surface area contributed by atoms with E-state index in [-0.39, 0.29) is 0 Å². The molecule has 3 heteroatoms. The lowest BCUT2D eigenvalue weighted by Crippen LogP contribution is -1.88. The molecule has 0 aliphatic heterocycles. The van der Waals surface area contributed by atoms with E-state index in [9.17, 15) is 0 Å². The first-order valence-corrected chi connectivity index (χ1v) is 4.10. The topological polar surface area (TPSA) is 36.7 Å². The van der Waals surface area contributed by atoms with Crippen molar-refractivity contribution in [2.24, 2.45) is 0 Å². The largest absolute Gasteiger partial charge is 0.241 e. The van der Waals surface area contributed by atoms with Gasteiger partial charge in [-0.25, -0.2) is 4.98 Å². The highest BCUT2D eigenvalue weighted by molar-refractivity contribution is 6.29. The number of aromatic nitrogens is 1. The van der Waals surface area contributed by atoms with Gasteiger partial charge in [0.2, 0.25) is 0 Å². The van der Waals surface area contributed by atoms with Gasteiger partial charge in [0.25, 0.3) is 0 Å². The minimum Gasteiger partial charge on any atom is -0.241 e. The van der Waals surface area contributed by atoms with Crippen LogP contribution in [0.1, 0.15) is 17.7 Å². The number of nitriles is 1. The summed E-state index contributed by atoms with van der Waals surface area (Å²) in [6.07, 6.45) is 1.28. The van der Waals surface area contributed by atoms with Gasteiger partial charge in [0, 0.05) is 12.1 Å². The van der Waals surface area contributed by atoms with Crippen molar-refractivity contribution in [1.29, 1.82) is 5.26 Å². The van der Waals surface area contributed by atoms with E-state index < -0.39 is 0 Å².